The van der Waals surface area contributed by atoms with Gasteiger partial charge in [0.15, 0.2) is 5.69 Å². The monoisotopic (exact) mass is 477 g/mol. The summed E-state index contributed by atoms with van der Waals surface area (Å²) in [5.74, 6) is -1.13. The van der Waals surface area contributed by atoms with E-state index >= 15 is 0 Å². The molecule has 0 saturated heterocycles. The highest BCUT2D eigenvalue weighted by Crippen LogP contribution is 2.27. The van der Waals surface area contributed by atoms with Crippen molar-refractivity contribution in [3.05, 3.63) is 106 Å². The molecule has 0 aliphatic carbocycles. The number of carbonyl (C=O) groups is 2. The van der Waals surface area contributed by atoms with Gasteiger partial charge in [-0.2, -0.15) is 5.10 Å². The van der Waals surface area contributed by atoms with Crippen LogP contribution in [-0.4, -0.2) is 26.6 Å². The molecule has 2 amide bonds. The zero-order valence-electron chi connectivity index (χ0n) is 20.0. The maximum atomic E-state index is 13.3. The maximum absolute atomic E-state index is 13.3. The van der Waals surface area contributed by atoms with Gasteiger partial charge in [-0.15, -0.1) is 0 Å². The number of carbonyl (C=O) groups excluding carboxylic acids is 2. The second-order valence-corrected chi connectivity index (χ2v) is 8.62. The maximum Gasteiger partial charge on any atom is 0.290 e. The van der Waals surface area contributed by atoms with E-state index in [2.05, 4.69) is 22.0 Å². The fraction of sp³-hybridized carbons (Fsp3) is 0.107. The summed E-state index contributed by atoms with van der Waals surface area (Å²) < 4.78 is 1.10. The third-order valence-electron chi connectivity index (χ3n) is 6.08. The lowest BCUT2D eigenvalue weighted by Crippen LogP contribution is -2.42. The number of hydrogen-bond donors (Lipinski definition) is 2. The average Bonchev–Trinajstić information content (AvgIpc) is 2.88. The fourth-order valence-electron chi connectivity index (χ4n) is 4.31. The lowest BCUT2D eigenvalue weighted by atomic mass is 9.99. The van der Waals surface area contributed by atoms with Gasteiger partial charge in [-0.25, -0.2) is 9.67 Å². The Labute approximate surface area is 206 Å². The number of rotatable bonds is 3. The van der Waals surface area contributed by atoms with E-state index in [0.29, 0.717) is 32.9 Å². The third-order valence-corrected chi connectivity index (χ3v) is 6.08. The van der Waals surface area contributed by atoms with Crippen LogP contribution in [0.1, 0.15) is 32.0 Å². The number of nitrogens with zero attached hydrogens (tertiary/aromatic N) is 3. The van der Waals surface area contributed by atoms with E-state index in [9.17, 15) is 14.4 Å². The Hall–Kier alpha value is -4.85. The van der Waals surface area contributed by atoms with Crippen molar-refractivity contribution in [2.24, 2.45) is 7.05 Å². The number of aromatic nitrogens is 3. The third kappa shape index (κ3) is 4.09. The predicted octanol–water partition coefficient (Wildman–Crippen LogP) is 3.84. The minimum atomic E-state index is -0.636. The molecule has 0 bridgehead atoms. The zero-order chi connectivity index (χ0) is 25.4. The first-order valence-electron chi connectivity index (χ1n) is 11.4. The van der Waals surface area contributed by atoms with Gasteiger partial charge in [0.05, 0.1) is 22.2 Å². The standard InChI is InChI=1S/C28H23N5O3/c1-16-12-13-18(17(2)14-16)24-15-22(19-8-6-7-11-23(19)29-24)26(34)30-31-27(35)25-20-9-4-5-10-21(20)28(36)33(3)32-25/h4-15H,1-3H3,(H,30,34)(H,31,35). The number of fused-ring (bicyclic) bond motifs is 2. The number of benzene rings is 3. The highest BCUT2D eigenvalue weighted by Gasteiger charge is 2.19. The van der Waals surface area contributed by atoms with Crippen molar-refractivity contribution >= 4 is 33.5 Å². The summed E-state index contributed by atoms with van der Waals surface area (Å²) in [4.78, 5) is 43.4. The SMILES string of the molecule is Cc1ccc(-c2cc(C(=O)NNC(=O)c3nn(C)c(=O)c4ccccc34)c3ccccc3n2)c(C)c1. The van der Waals surface area contributed by atoms with Gasteiger partial charge in [-0.3, -0.25) is 25.2 Å². The number of hydrogen-bond acceptors (Lipinski definition) is 5. The van der Waals surface area contributed by atoms with Crippen LogP contribution < -0.4 is 16.4 Å². The summed E-state index contributed by atoms with van der Waals surface area (Å²) in [7, 11) is 1.47. The van der Waals surface area contributed by atoms with Crippen molar-refractivity contribution < 1.29 is 9.59 Å². The van der Waals surface area contributed by atoms with Crippen molar-refractivity contribution in [2.45, 2.75) is 13.8 Å². The van der Waals surface area contributed by atoms with Crippen LogP contribution in [0.25, 0.3) is 32.9 Å². The minimum absolute atomic E-state index is 0.0311. The second-order valence-electron chi connectivity index (χ2n) is 8.62. The molecular formula is C28H23N5O3. The number of aryl methyl sites for hydroxylation is 3. The van der Waals surface area contributed by atoms with Crippen LogP contribution in [-0.2, 0) is 7.05 Å². The molecule has 8 heteroatoms. The number of hydrazine groups is 1. The van der Waals surface area contributed by atoms with E-state index in [1.807, 2.05) is 50.2 Å². The molecule has 0 aliphatic rings. The van der Waals surface area contributed by atoms with Crippen molar-refractivity contribution in [1.82, 2.24) is 25.6 Å². The molecule has 5 aromatic rings. The Bertz CT molecular complexity index is 1740. The molecule has 0 saturated carbocycles. The number of amides is 2. The van der Waals surface area contributed by atoms with Crippen molar-refractivity contribution in [3.8, 4) is 11.3 Å². The first-order valence-corrected chi connectivity index (χ1v) is 11.4. The van der Waals surface area contributed by atoms with Crippen molar-refractivity contribution in [3.63, 3.8) is 0 Å². The summed E-state index contributed by atoms with van der Waals surface area (Å²) in [6.45, 7) is 4.03. The van der Waals surface area contributed by atoms with Gasteiger partial charge in [0, 0.05) is 23.4 Å². The normalized spacial score (nSPS) is 11.0. The van der Waals surface area contributed by atoms with Gasteiger partial charge in [-0.1, -0.05) is 60.2 Å². The molecule has 0 unspecified atom stereocenters. The molecule has 0 aliphatic heterocycles. The smallest absolute Gasteiger partial charge is 0.267 e. The van der Waals surface area contributed by atoms with Gasteiger partial charge in [0.25, 0.3) is 17.4 Å². The molecule has 0 radical (unpaired) electrons. The van der Waals surface area contributed by atoms with E-state index in [0.717, 1.165) is 21.4 Å². The lowest BCUT2D eigenvalue weighted by molar-refractivity contribution is 0.0844. The molecule has 2 N–H and O–H groups in total. The zero-order valence-corrected chi connectivity index (χ0v) is 20.0. The highest BCUT2D eigenvalue weighted by atomic mass is 16.2. The molecular weight excluding hydrogens is 454 g/mol. The van der Waals surface area contributed by atoms with E-state index in [4.69, 9.17) is 4.98 Å². The molecule has 0 atom stereocenters. The fourth-order valence-corrected chi connectivity index (χ4v) is 4.31. The number of nitrogens with one attached hydrogen (secondary N) is 2. The largest absolute Gasteiger partial charge is 0.290 e. The Morgan fingerprint density at radius 3 is 2.22 bits per heavy atom. The summed E-state index contributed by atoms with van der Waals surface area (Å²) in [6.07, 6.45) is 0. The van der Waals surface area contributed by atoms with E-state index < -0.39 is 11.8 Å². The van der Waals surface area contributed by atoms with Crippen LogP contribution in [0, 0.1) is 13.8 Å². The van der Waals surface area contributed by atoms with E-state index in [-0.39, 0.29) is 11.3 Å². The van der Waals surface area contributed by atoms with Gasteiger partial charge in [0.1, 0.15) is 0 Å². The summed E-state index contributed by atoms with van der Waals surface area (Å²) >= 11 is 0. The van der Waals surface area contributed by atoms with Gasteiger partial charge in [-0.05, 0) is 37.6 Å². The van der Waals surface area contributed by atoms with Crippen LogP contribution in [0.15, 0.2) is 77.6 Å². The van der Waals surface area contributed by atoms with Crippen molar-refractivity contribution in [2.75, 3.05) is 0 Å². The average molecular weight is 478 g/mol. The van der Waals surface area contributed by atoms with E-state index in [1.54, 1.807) is 30.3 Å². The van der Waals surface area contributed by atoms with Crippen LogP contribution in [0.4, 0.5) is 0 Å². The summed E-state index contributed by atoms with van der Waals surface area (Å²) in [6, 6.07) is 21.8. The first kappa shape index (κ1) is 22.9. The first-order chi connectivity index (χ1) is 17.3. The predicted molar refractivity (Wildman–Crippen MR) is 139 cm³/mol. The Kier molecular flexibility index (Phi) is 5.77. The molecule has 2 aromatic heterocycles. The lowest BCUT2D eigenvalue weighted by Gasteiger charge is -2.13. The quantitative estimate of drug-likeness (QED) is 0.384. The minimum Gasteiger partial charge on any atom is -0.267 e. The van der Waals surface area contributed by atoms with Crippen molar-refractivity contribution in [1.29, 1.82) is 0 Å². The van der Waals surface area contributed by atoms with E-state index in [1.165, 1.54) is 7.05 Å². The number of para-hydroxylation sites is 1. The van der Waals surface area contributed by atoms with Crippen LogP contribution in [0.5, 0.6) is 0 Å². The van der Waals surface area contributed by atoms with Crippen LogP contribution in [0.3, 0.4) is 0 Å². The second kappa shape index (κ2) is 9.07. The van der Waals surface area contributed by atoms with Gasteiger partial charge in [0.2, 0.25) is 0 Å². The van der Waals surface area contributed by atoms with Gasteiger partial charge >= 0.3 is 0 Å². The Morgan fingerprint density at radius 1 is 0.806 bits per heavy atom. The summed E-state index contributed by atoms with van der Waals surface area (Å²) in [5, 5.41) is 5.53. The molecule has 178 valence electrons. The molecule has 36 heavy (non-hydrogen) atoms. The molecule has 2 heterocycles. The molecule has 0 fully saturated rings. The highest BCUT2D eigenvalue weighted by molar-refractivity contribution is 6.09. The molecule has 0 spiro atoms. The van der Waals surface area contributed by atoms with Crippen LogP contribution >= 0.6 is 0 Å². The number of pyridine rings is 1. The molecule has 5 rings (SSSR count). The molecule has 3 aromatic carbocycles. The van der Waals surface area contributed by atoms with Crippen LogP contribution in [0.2, 0.25) is 0 Å². The Morgan fingerprint density at radius 2 is 1.47 bits per heavy atom. The van der Waals surface area contributed by atoms with Gasteiger partial charge < -0.3 is 0 Å². The Balaban J connectivity index is 1.49. The topological polar surface area (TPSA) is 106 Å². The summed E-state index contributed by atoms with van der Waals surface area (Å²) in [5.41, 5.74) is 9.46. The molecule has 8 nitrogen and oxygen atoms in total.